The predicted octanol–water partition coefficient (Wildman–Crippen LogP) is 3.19. The van der Waals surface area contributed by atoms with E-state index in [0.717, 1.165) is 32.5 Å². The molecule has 1 atom stereocenters. The molecule has 2 heterocycles. The highest BCUT2D eigenvalue weighted by Gasteiger charge is 2.33. The number of anilines is 1. The zero-order chi connectivity index (χ0) is 27.1. The van der Waals surface area contributed by atoms with Gasteiger partial charge in [-0.15, -0.1) is 11.6 Å². The van der Waals surface area contributed by atoms with Gasteiger partial charge in [-0.25, -0.2) is 0 Å². The van der Waals surface area contributed by atoms with Gasteiger partial charge in [0.1, 0.15) is 12.4 Å². The SMILES string of the molecule is CC(=O)N1CC(CCl)c2c1cc(OCCOCCOCCOCCN1C(=O)C=CC1=O)c1cccc(C)c21. The molecule has 0 bridgehead atoms. The number of imide groups is 1. The topological polar surface area (TPSA) is 94.6 Å². The highest BCUT2D eigenvalue weighted by atomic mass is 35.5. The van der Waals surface area contributed by atoms with E-state index in [9.17, 15) is 14.4 Å². The molecule has 0 fully saturated rings. The molecule has 9 nitrogen and oxygen atoms in total. The fourth-order valence-electron chi connectivity index (χ4n) is 4.79. The lowest BCUT2D eigenvalue weighted by molar-refractivity contribution is -0.137. The number of amides is 3. The van der Waals surface area contributed by atoms with Crippen LogP contribution in [-0.2, 0) is 28.6 Å². The standard InChI is InChI=1S/C28H33ClN2O7/c1-19-4-3-5-22-24(16-23-28(27(19)22)21(17-29)18-31(23)20(2)32)38-15-14-37-13-12-36-11-10-35-9-8-30-25(33)6-7-26(30)34/h3-7,16,21H,8-15,17-18H2,1-2H3. The number of rotatable bonds is 14. The molecule has 2 aromatic carbocycles. The van der Waals surface area contributed by atoms with Crippen molar-refractivity contribution in [3.8, 4) is 5.75 Å². The lowest BCUT2D eigenvalue weighted by Crippen LogP contribution is -2.33. The Hall–Kier alpha value is -2.98. The maximum atomic E-state index is 12.3. The molecule has 2 aliphatic heterocycles. The van der Waals surface area contributed by atoms with E-state index in [0.29, 0.717) is 57.8 Å². The summed E-state index contributed by atoms with van der Waals surface area (Å²) in [5.74, 6) is 0.607. The lowest BCUT2D eigenvalue weighted by atomic mass is 9.92. The van der Waals surface area contributed by atoms with E-state index in [1.165, 1.54) is 12.2 Å². The Morgan fingerprint density at radius 1 is 0.974 bits per heavy atom. The first-order valence-corrected chi connectivity index (χ1v) is 13.3. The van der Waals surface area contributed by atoms with Gasteiger partial charge in [0.05, 0.1) is 51.9 Å². The molecule has 0 saturated carbocycles. The molecule has 38 heavy (non-hydrogen) atoms. The molecular formula is C28H33ClN2O7. The van der Waals surface area contributed by atoms with Crippen molar-refractivity contribution < 1.29 is 33.3 Å². The lowest BCUT2D eigenvalue weighted by Gasteiger charge is -2.19. The largest absolute Gasteiger partial charge is 0.490 e. The van der Waals surface area contributed by atoms with Gasteiger partial charge in [-0.05, 0) is 23.4 Å². The number of benzene rings is 2. The number of carbonyl (C=O) groups is 3. The average Bonchev–Trinajstić information content (AvgIpc) is 3.43. The molecule has 0 radical (unpaired) electrons. The fourth-order valence-corrected chi connectivity index (χ4v) is 5.04. The summed E-state index contributed by atoms with van der Waals surface area (Å²) in [6.07, 6.45) is 2.51. The van der Waals surface area contributed by atoms with E-state index in [2.05, 4.69) is 13.0 Å². The average molecular weight is 545 g/mol. The summed E-state index contributed by atoms with van der Waals surface area (Å²) in [5, 5.41) is 2.10. The number of hydrogen-bond acceptors (Lipinski definition) is 7. The molecule has 3 amide bonds. The van der Waals surface area contributed by atoms with Crippen molar-refractivity contribution >= 4 is 45.8 Å². The summed E-state index contributed by atoms with van der Waals surface area (Å²) in [4.78, 5) is 38.1. The van der Waals surface area contributed by atoms with E-state index in [-0.39, 0.29) is 36.8 Å². The Kier molecular flexibility index (Phi) is 9.74. The monoisotopic (exact) mass is 544 g/mol. The maximum Gasteiger partial charge on any atom is 0.253 e. The first kappa shape index (κ1) is 28.0. The van der Waals surface area contributed by atoms with Crippen LogP contribution in [0.15, 0.2) is 36.4 Å². The van der Waals surface area contributed by atoms with Gasteiger partial charge in [0.2, 0.25) is 5.91 Å². The van der Waals surface area contributed by atoms with Crippen LogP contribution < -0.4 is 9.64 Å². The number of nitrogens with zero attached hydrogens (tertiary/aromatic N) is 2. The van der Waals surface area contributed by atoms with Crippen LogP contribution in [0.1, 0.15) is 24.0 Å². The van der Waals surface area contributed by atoms with Crippen LogP contribution in [0.2, 0.25) is 0 Å². The molecule has 4 rings (SSSR count). The Bertz CT molecular complexity index is 1200. The Balaban J connectivity index is 1.19. The third-order valence-corrected chi connectivity index (χ3v) is 6.98. The Morgan fingerprint density at radius 2 is 1.61 bits per heavy atom. The minimum absolute atomic E-state index is 0.0134. The number of ether oxygens (including phenoxy) is 4. The van der Waals surface area contributed by atoms with Crippen LogP contribution in [0.3, 0.4) is 0 Å². The third kappa shape index (κ3) is 6.35. The first-order valence-electron chi connectivity index (χ1n) is 12.7. The number of carbonyl (C=O) groups excluding carboxylic acids is 3. The van der Waals surface area contributed by atoms with E-state index in [1.54, 1.807) is 11.8 Å². The highest BCUT2D eigenvalue weighted by Crippen LogP contribution is 2.46. The van der Waals surface area contributed by atoms with Gasteiger partial charge < -0.3 is 23.8 Å². The normalized spacial score (nSPS) is 16.7. The van der Waals surface area contributed by atoms with Crippen molar-refractivity contribution in [1.29, 1.82) is 0 Å². The number of alkyl halides is 1. The summed E-state index contributed by atoms with van der Waals surface area (Å²) < 4.78 is 22.6. The minimum atomic E-state index is -0.312. The molecule has 1 unspecified atom stereocenters. The minimum Gasteiger partial charge on any atom is -0.490 e. The molecule has 0 spiro atoms. The smallest absolute Gasteiger partial charge is 0.253 e. The van der Waals surface area contributed by atoms with Crippen LogP contribution in [-0.4, -0.2) is 87.8 Å². The summed E-state index contributed by atoms with van der Waals surface area (Å²) in [5.41, 5.74) is 3.10. The highest BCUT2D eigenvalue weighted by molar-refractivity contribution is 6.19. The number of fused-ring (bicyclic) bond motifs is 3. The molecular weight excluding hydrogens is 512 g/mol. The predicted molar refractivity (Wildman–Crippen MR) is 144 cm³/mol. The molecule has 204 valence electrons. The Labute approximate surface area is 227 Å². The number of halogens is 1. The van der Waals surface area contributed by atoms with Crippen LogP contribution in [0, 0.1) is 6.92 Å². The van der Waals surface area contributed by atoms with Crippen molar-refractivity contribution in [2.24, 2.45) is 0 Å². The quantitative estimate of drug-likeness (QED) is 0.205. The summed E-state index contributed by atoms with van der Waals surface area (Å²) >= 11 is 6.29. The second kappa shape index (κ2) is 13.2. The molecule has 2 aliphatic rings. The van der Waals surface area contributed by atoms with Gasteiger partial charge in [0.15, 0.2) is 0 Å². The zero-order valence-corrected chi connectivity index (χ0v) is 22.5. The second-order valence-electron chi connectivity index (χ2n) is 9.13. The molecule has 0 N–H and O–H groups in total. The molecule has 0 saturated heterocycles. The van der Waals surface area contributed by atoms with Gasteiger partial charge in [0.25, 0.3) is 11.8 Å². The van der Waals surface area contributed by atoms with Crippen LogP contribution >= 0.6 is 11.6 Å². The van der Waals surface area contributed by atoms with E-state index >= 15 is 0 Å². The van der Waals surface area contributed by atoms with Crippen molar-refractivity contribution in [1.82, 2.24) is 4.90 Å². The van der Waals surface area contributed by atoms with Gasteiger partial charge in [0, 0.05) is 48.9 Å². The van der Waals surface area contributed by atoms with Crippen molar-refractivity contribution in [2.75, 3.05) is 70.1 Å². The van der Waals surface area contributed by atoms with Crippen molar-refractivity contribution in [3.63, 3.8) is 0 Å². The van der Waals surface area contributed by atoms with Gasteiger partial charge >= 0.3 is 0 Å². The Morgan fingerprint density at radius 3 is 2.24 bits per heavy atom. The fraction of sp³-hybridized carbons (Fsp3) is 0.464. The third-order valence-electron chi connectivity index (χ3n) is 6.61. The first-order chi connectivity index (χ1) is 18.4. The molecule has 2 aromatic rings. The summed E-state index contributed by atoms with van der Waals surface area (Å²) in [6, 6.07) is 8.05. The van der Waals surface area contributed by atoms with Gasteiger partial charge in [-0.3, -0.25) is 19.3 Å². The van der Waals surface area contributed by atoms with E-state index in [1.807, 2.05) is 18.2 Å². The maximum absolute atomic E-state index is 12.3. The molecule has 0 aromatic heterocycles. The summed E-state index contributed by atoms with van der Waals surface area (Å²) in [6.45, 7) is 7.01. The number of hydrogen-bond donors (Lipinski definition) is 0. The van der Waals surface area contributed by atoms with E-state index < -0.39 is 0 Å². The van der Waals surface area contributed by atoms with Crippen molar-refractivity contribution in [2.45, 2.75) is 19.8 Å². The van der Waals surface area contributed by atoms with Gasteiger partial charge in [-0.2, -0.15) is 0 Å². The zero-order valence-electron chi connectivity index (χ0n) is 21.7. The molecule has 10 heteroatoms. The van der Waals surface area contributed by atoms with E-state index in [4.69, 9.17) is 30.5 Å². The van der Waals surface area contributed by atoms with Crippen LogP contribution in [0.5, 0.6) is 5.75 Å². The van der Waals surface area contributed by atoms with Crippen LogP contribution in [0.25, 0.3) is 10.8 Å². The second-order valence-corrected chi connectivity index (χ2v) is 9.44. The molecule has 0 aliphatic carbocycles. The van der Waals surface area contributed by atoms with Crippen LogP contribution in [0.4, 0.5) is 5.69 Å². The van der Waals surface area contributed by atoms with Crippen molar-refractivity contribution in [3.05, 3.63) is 47.5 Å². The summed E-state index contributed by atoms with van der Waals surface area (Å²) in [7, 11) is 0. The van der Waals surface area contributed by atoms with Gasteiger partial charge in [-0.1, -0.05) is 18.2 Å². The number of aryl methyl sites for hydroxylation is 1.